The van der Waals surface area contributed by atoms with Gasteiger partial charge in [0.2, 0.25) is 0 Å². The standard InChI is InChI=1S/C20H17FN2O5/c1-20(2,18(26)28-11-16(24)12-6-4-3-5-7-12)23-17(25)14-10-13(21)8-9-15(14)22-19(23)27/h3-10H,11H2,1-2H3,(H,22,27). The van der Waals surface area contributed by atoms with Crippen LogP contribution in [0.25, 0.3) is 10.9 Å². The summed E-state index contributed by atoms with van der Waals surface area (Å²) >= 11 is 0. The van der Waals surface area contributed by atoms with Gasteiger partial charge in [-0.15, -0.1) is 0 Å². The van der Waals surface area contributed by atoms with Gasteiger partial charge in [0.05, 0.1) is 10.9 Å². The van der Waals surface area contributed by atoms with E-state index in [0.29, 0.717) is 10.1 Å². The maximum absolute atomic E-state index is 13.5. The van der Waals surface area contributed by atoms with Gasteiger partial charge in [0.15, 0.2) is 12.4 Å². The van der Waals surface area contributed by atoms with Crippen molar-refractivity contribution < 1.29 is 18.7 Å². The number of hydrogen-bond acceptors (Lipinski definition) is 5. The Morgan fingerprint density at radius 2 is 1.79 bits per heavy atom. The molecule has 3 rings (SSSR count). The number of halogens is 1. The zero-order chi connectivity index (χ0) is 20.5. The summed E-state index contributed by atoms with van der Waals surface area (Å²) in [5.74, 6) is -2.02. The van der Waals surface area contributed by atoms with Crippen molar-refractivity contribution in [1.29, 1.82) is 0 Å². The molecular weight excluding hydrogens is 367 g/mol. The number of nitrogens with one attached hydrogen (secondary N) is 1. The maximum Gasteiger partial charge on any atom is 0.332 e. The van der Waals surface area contributed by atoms with E-state index in [4.69, 9.17) is 4.74 Å². The zero-order valence-corrected chi connectivity index (χ0v) is 15.2. The summed E-state index contributed by atoms with van der Waals surface area (Å²) in [4.78, 5) is 52.2. The van der Waals surface area contributed by atoms with Gasteiger partial charge in [-0.1, -0.05) is 30.3 Å². The van der Waals surface area contributed by atoms with E-state index >= 15 is 0 Å². The van der Waals surface area contributed by atoms with Crippen LogP contribution in [0, 0.1) is 5.82 Å². The van der Waals surface area contributed by atoms with Gasteiger partial charge in [0, 0.05) is 5.56 Å². The molecule has 144 valence electrons. The van der Waals surface area contributed by atoms with Crippen molar-refractivity contribution in [3.63, 3.8) is 0 Å². The number of rotatable bonds is 5. The largest absolute Gasteiger partial charge is 0.456 e. The van der Waals surface area contributed by atoms with E-state index in [1.54, 1.807) is 30.3 Å². The first-order chi connectivity index (χ1) is 13.2. The minimum Gasteiger partial charge on any atom is -0.456 e. The normalized spacial score (nSPS) is 11.4. The molecule has 0 unspecified atom stereocenters. The number of aromatic nitrogens is 2. The van der Waals surface area contributed by atoms with Gasteiger partial charge in [0.25, 0.3) is 5.56 Å². The van der Waals surface area contributed by atoms with Crippen LogP contribution in [0.1, 0.15) is 24.2 Å². The molecule has 0 spiro atoms. The summed E-state index contributed by atoms with van der Waals surface area (Å²) in [5, 5.41) is -0.0826. The van der Waals surface area contributed by atoms with Crippen LogP contribution in [0.4, 0.5) is 4.39 Å². The molecule has 28 heavy (non-hydrogen) atoms. The molecule has 0 aliphatic carbocycles. The van der Waals surface area contributed by atoms with Crippen LogP contribution in [0.5, 0.6) is 0 Å². The molecule has 0 saturated carbocycles. The maximum atomic E-state index is 13.5. The highest BCUT2D eigenvalue weighted by molar-refractivity contribution is 5.98. The molecule has 0 atom stereocenters. The molecule has 7 nitrogen and oxygen atoms in total. The van der Waals surface area contributed by atoms with Crippen LogP contribution in [-0.4, -0.2) is 27.9 Å². The number of fused-ring (bicyclic) bond motifs is 1. The van der Waals surface area contributed by atoms with Crippen molar-refractivity contribution in [3.8, 4) is 0 Å². The number of ether oxygens (including phenoxy) is 1. The van der Waals surface area contributed by atoms with Crippen LogP contribution in [0.2, 0.25) is 0 Å². The number of carbonyl (C=O) groups excluding carboxylic acids is 2. The lowest BCUT2D eigenvalue weighted by atomic mass is 10.1. The van der Waals surface area contributed by atoms with Crippen LogP contribution >= 0.6 is 0 Å². The number of ketones is 1. The highest BCUT2D eigenvalue weighted by Gasteiger charge is 2.35. The van der Waals surface area contributed by atoms with E-state index in [1.165, 1.54) is 19.9 Å². The number of H-pyrrole nitrogens is 1. The second-order valence-corrected chi connectivity index (χ2v) is 6.68. The van der Waals surface area contributed by atoms with E-state index in [2.05, 4.69) is 4.98 Å². The molecule has 0 amide bonds. The van der Waals surface area contributed by atoms with Gasteiger partial charge in [0.1, 0.15) is 11.4 Å². The average molecular weight is 384 g/mol. The number of carbonyl (C=O) groups is 2. The summed E-state index contributed by atoms with van der Waals surface area (Å²) in [7, 11) is 0. The highest BCUT2D eigenvalue weighted by atomic mass is 19.1. The molecule has 0 bridgehead atoms. The Morgan fingerprint density at radius 1 is 1.11 bits per heavy atom. The molecule has 8 heteroatoms. The van der Waals surface area contributed by atoms with Crippen molar-refractivity contribution in [2.75, 3.05) is 6.61 Å². The Hall–Kier alpha value is -3.55. The van der Waals surface area contributed by atoms with Crippen molar-refractivity contribution in [1.82, 2.24) is 9.55 Å². The molecule has 0 aliphatic rings. The fraction of sp³-hybridized carbons (Fsp3) is 0.200. The van der Waals surface area contributed by atoms with Gasteiger partial charge in [-0.05, 0) is 32.0 Å². The zero-order valence-electron chi connectivity index (χ0n) is 15.2. The highest BCUT2D eigenvalue weighted by Crippen LogP contribution is 2.15. The quantitative estimate of drug-likeness (QED) is 0.536. The molecule has 0 fully saturated rings. The molecule has 3 aromatic rings. The van der Waals surface area contributed by atoms with E-state index < -0.39 is 41.0 Å². The van der Waals surface area contributed by atoms with Crippen molar-refractivity contribution in [3.05, 3.63) is 80.7 Å². The van der Waals surface area contributed by atoms with Gasteiger partial charge in [-0.3, -0.25) is 9.59 Å². The number of aromatic amines is 1. The van der Waals surface area contributed by atoms with Gasteiger partial charge in [-0.2, -0.15) is 0 Å². The second-order valence-electron chi connectivity index (χ2n) is 6.68. The Labute approximate surface area is 158 Å². The first-order valence-corrected chi connectivity index (χ1v) is 8.42. The number of benzene rings is 2. The SMILES string of the molecule is CC(C)(C(=O)OCC(=O)c1ccccc1)n1c(=O)[nH]c2ccc(F)cc2c1=O. The summed E-state index contributed by atoms with van der Waals surface area (Å²) in [6, 6.07) is 11.6. The van der Waals surface area contributed by atoms with Crippen molar-refractivity contribution >= 4 is 22.7 Å². The van der Waals surface area contributed by atoms with E-state index in [9.17, 15) is 23.6 Å². The Balaban J connectivity index is 1.91. The lowest BCUT2D eigenvalue weighted by Crippen LogP contribution is -2.51. The first kappa shape index (κ1) is 19.2. The van der Waals surface area contributed by atoms with E-state index in [-0.39, 0.29) is 10.9 Å². The average Bonchev–Trinajstić information content (AvgIpc) is 2.67. The molecule has 1 aromatic heterocycles. The Bertz CT molecular complexity index is 1180. The number of Topliss-reactive ketones (excluding diaryl/α,β-unsaturated/α-hetero) is 1. The minimum absolute atomic E-state index is 0.0826. The third-order valence-electron chi connectivity index (χ3n) is 4.35. The minimum atomic E-state index is -1.72. The molecular formula is C20H17FN2O5. The van der Waals surface area contributed by atoms with Crippen molar-refractivity contribution in [2.45, 2.75) is 19.4 Å². The summed E-state index contributed by atoms with van der Waals surface area (Å²) in [5.41, 5.74) is -2.89. The Kier molecular flexibility index (Phi) is 4.96. The van der Waals surface area contributed by atoms with Crippen molar-refractivity contribution in [2.24, 2.45) is 0 Å². The molecule has 1 N–H and O–H groups in total. The first-order valence-electron chi connectivity index (χ1n) is 8.42. The summed E-state index contributed by atoms with van der Waals surface area (Å²) < 4.78 is 19.2. The fourth-order valence-electron chi connectivity index (χ4n) is 2.80. The van der Waals surface area contributed by atoms with Gasteiger partial charge < -0.3 is 9.72 Å². The Morgan fingerprint density at radius 3 is 2.46 bits per heavy atom. The number of hydrogen-bond donors (Lipinski definition) is 1. The van der Waals surface area contributed by atoms with Crippen LogP contribution in [0.15, 0.2) is 58.1 Å². The molecule has 0 aliphatic heterocycles. The summed E-state index contributed by atoms with van der Waals surface area (Å²) in [6.07, 6.45) is 0. The molecule has 0 saturated heterocycles. The van der Waals surface area contributed by atoms with Gasteiger partial charge in [-0.25, -0.2) is 18.5 Å². The van der Waals surface area contributed by atoms with E-state index in [1.807, 2.05) is 0 Å². The molecule has 2 aromatic carbocycles. The van der Waals surface area contributed by atoms with Gasteiger partial charge >= 0.3 is 11.7 Å². The lowest BCUT2D eigenvalue weighted by Gasteiger charge is -2.24. The third kappa shape index (κ3) is 3.48. The monoisotopic (exact) mass is 384 g/mol. The fourth-order valence-corrected chi connectivity index (χ4v) is 2.80. The molecule has 1 heterocycles. The third-order valence-corrected chi connectivity index (χ3v) is 4.35. The number of nitrogens with zero attached hydrogens (tertiary/aromatic N) is 1. The topological polar surface area (TPSA) is 98.2 Å². The predicted molar refractivity (Wildman–Crippen MR) is 99.8 cm³/mol. The van der Waals surface area contributed by atoms with Crippen LogP contribution < -0.4 is 11.2 Å². The van der Waals surface area contributed by atoms with E-state index in [0.717, 1.165) is 12.1 Å². The molecule has 0 radical (unpaired) electrons. The smallest absolute Gasteiger partial charge is 0.332 e. The van der Waals surface area contributed by atoms with Crippen LogP contribution in [0.3, 0.4) is 0 Å². The number of esters is 1. The summed E-state index contributed by atoms with van der Waals surface area (Å²) in [6.45, 7) is 2.08. The predicted octanol–water partition coefficient (Wildman–Crippen LogP) is 1.99. The second kappa shape index (κ2) is 7.22. The van der Waals surface area contributed by atoms with Crippen LogP contribution in [-0.2, 0) is 15.1 Å². The lowest BCUT2D eigenvalue weighted by molar-refractivity contribution is -0.151.